The van der Waals surface area contributed by atoms with E-state index in [-0.39, 0.29) is 11.7 Å². The first kappa shape index (κ1) is 20.3. The Morgan fingerprint density at radius 1 is 1.07 bits per heavy atom. The lowest BCUT2D eigenvalue weighted by atomic mass is 10.2. The largest absolute Gasteiger partial charge is 0.366 e. The van der Waals surface area contributed by atoms with Gasteiger partial charge in [0.15, 0.2) is 0 Å². The molecule has 4 rings (SSSR count). The van der Waals surface area contributed by atoms with Crippen LogP contribution in [0.1, 0.15) is 18.7 Å². The van der Waals surface area contributed by atoms with Crippen LogP contribution in [-0.4, -0.2) is 47.1 Å². The van der Waals surface area contributed by atoms with Crippen molar-refractivity contribution in [2.24, 2.45) is 0 Å². The van der Waals surface area contributed by atoms with Gasteiger partial charge >= 0.3 is 0 Å². The lowest BCUT2D eigenvalue weighted by Crippen LogP contribution is -2.49. The predicted molar refractivity (Wildman–Crippen MR) is 113 cm³/mol. The van der Waals surface area contributed by atoms with Crippen LogP contribution >= 0.6 is 11.6 Å². The van der Waals surface area contributed by atoms with E-state index in [1.54, 1.807) is 24.3 Å². The number of rotatable bonds is 6. The highest BCUT2D eigenvalue weighted by atomic mass is 35.5. The Balaban J connectivity index is 1.23. The number of para-hydroxylation sites is 1. The quantitative estimate of drug-likeness (QED) is 0.588. The van der Waals surface area contributed by atoms with Gasteiger partial charge in [-0.3, -0.25) is 4.79 Å². The highest BCUT2D eigenvalue weighted by molar-refractivity contribution is 6.30. The summed E-state index contributed by atoms with van der Waals surface area (Å²) in [7, 11) is 0. The van der Waals surface area contributed by atoms with Gasteiger partial charge in [-0.1, -0.05) is 28.9 Å². The monoisotopic (exact) mass is 428 g/mol. The van der Waals surface area contributed by atoms with Crippen LogP contribution < -0.4 is 4.90 Å². The molecule has 156 valence electrons. The van der Waals surface area contributed by atoms with E-state index in [2.05, 4.69) is 10.1 Å². The van der Waals surface area contributed by atoms with E-state index in [0.717, 1.165) is 5.56 Å². The molecular formula is C22H22ClFN4O2. The number of halogens is 2. The number of carbonyl (C=O) groups excluding carboxylic acids is 1. The fourth-order valence-corrected chi connectivity index (χ4v) is 3.65. The molecule has 1 fully saturated rings. The predicted octanol–water partition coefficient (Wildman–Crippen LogP) is 4.20. The fraction of sp³-hybridized carbons (Fsp3) is 0.318. The summed E-state index contributed by atoms with van der Waals surface area (Å²) in [6, 6.07) is 14.0. The fourth-order valence-electron chi connectivity index (χ4n) is 3.53. The van der Waals surface area contributed by atoms with Gasteiger partial charge in [0.05, 0.1) is 5.69 Å². The summed E-state index contributed by atoms with van der Waals surface area (Å²) in [5.74, 6) is 0.893. The van der Waals surface area contributed by atoms with Crippen LogP contribution in [0, 0.1) is 5.82 Å². The second kappa shape index (κ2) is 9.26. The SMILES string of the molecule is O=C(CCCc1nc(-c2ccc(Cl)cc2)no1)N1CCN(c2ccccc2F)CC1. The van der Waals surface area contributed by atoms with Crippen LogP contribution in [0.3, 0.4) is 0 Å². The van der Waals surface area contributed by atoms with Gasteiger partial charge in [0.25, 0.3) is 0 Å². The maximum absolute atomic E-state index is 13.9. The highest BCUT2D eigenvalue weighted by Crippen LogP contribution is 2.21. The van der Waals surface area contributed by atoms with Gasteiger partial charge in [-0.25, -0.2) is 4.39 Å². The molecule has 30 heavy (non-hydrogen) atoms. The van der Waals surface area contributed by atoms with E-state index in [4.69, 9.17) is 16.1 Å². The van der Waals surface area contributed by atoms with Gasteiger partial charge < -0.3 is 14.3 Å². The molecule has 2 heterocycles. The van der Waals surface area contributed by atoms with E-state index in [0.29, 0.717) is 67.9 Å². The van der Waals surface area contributed by atoms with Gasteiger partial charge in [0.2, 0.25) is 17.6 Å². The van der Waals surface area contributed by atoms with E-state index >= 15 is 0 Å². The summed E-state index contributed by atoms with van der Waals surface area (Å²) >= 11 is 5.89. The summed E-state index contributed by atoms with van der Waals surface area (Å²) < 4.78 is 19.2. The summed E-state index contributed by atoms with van der Waals surface area (Å²) in [6.45, 7) is 2.43. The van der Waals surface area contributed by atoms with Crippen molar-refractivity contribution in [2.45, 2.75) is 19.3 Å². The first-order valence-corrected chi connectivity index (χ1v) is 10.3. The molecule has 1 aliphatic heterocycles. The Morgan fingerprint density at radius 2 is 1.80 bits per heavy atom. The smallest absolute Gasteiger partial charge is 0.226 e. The summed E-state index contributed by atoms with van der Waals surface area (Å²) in [5, 5.41) is 4.64. The minimum absolute atomic E-state index is 0.0978. The molecule has 2 aromatic carbocycles. The number of anilines is 1. The Bertz CT molecular complexity index is 1000. The number of aromatic nitrogens is 2. The number of amides is 1. The second-order valence-corrected chi connectivity index (χ2v) is 7.63. The number of benzene rings is 2. The maximum atomic E-state index is 13.9. The number of aryl methyl sites for hydroxylation is 1. The van der Waals surface area contributed by atoms with Gasteiger partial charge in [-0.15, -0.1) is 0 Å². The van der Waals surface area contributed by atoms with Crippen molar-refractivity contribution in [1.29, 1.82) is 0 Å². The van der Waals surface area contributed by atoms with Crippen LogP contribution in [-0.2, 0) is 11.2 Å². The average molecular weight is 429 g/mol. The summed E-state index contributed by atoms with van der Waals surface area (Å²) in [4.78, 5) is 20.7. The molecular weight excluding hydrogens is 407 g/mol. The van der Waals surface area contributed by atoms with Crippen molar-refractivity contribution in [2.75, 3.05) is 31.1 Å². The molecule has 0 radical (unpaired) electrons. The topological polar surface area (TPSA) is 62.5 Å². The number of carbonyl (C=O) groups is 1. The molecule has 0 spiro atoms. The first-order chi connectivity index (χ1) is 14.6. The van der Waals surface area contributed by atoms with E-state index in [1.807, 2.05) is 28.0 Å². The van der Waals surface area contributed by atoms with Crippen molar-refractivity contribution >= 4 is 23.2 Å². The molecule has 0 aliphatic carbocycles. The standard InChI is InChI=1S/C22H22ClFN4O2/c23-17-10-8-16(9-11-17)22-25-20(30-26-22)6-3-7-21(29)28-14-12-27(13-15-28)19-5-2-1-4-18(19)24/h1-2,4-5,8-11H,3,6-7,12-15H2. The number of hydrogen-bond donors (Lipinski definition) is 0. The summed E-state index contributed by atoms with van der Waals surface area (Å²) in [6.07, 6.45) is 1.59. The van der Waals surface area contributed by atoms with E-state index in [9.17, 15) is 9.18 Å². The van der Waals surface area contributed by atoms with E-state index in [1.165, 1.54) is 6.07 Å². The van der Waals surface area contributed by atoms with Crippen molar-refractivity contribution in [1.82, 2.24) is 15.0 Å². The van der Waals surface area contributed by atoms with Crippen LogP contribution in [0.2, 0.25) is 5.02 Å². The zero-order valence-electron chi connectivity index (χ0n) is 16.4. The van der Waals surface area contributed by atoms with Gasteiger partial charge in [-0.2, -0.15) is 4.98 Å². The molecule has 1 aliphatic rings. The average Bonchev–Trinajstić information content (AvgIpc) is 3.23. The van der Waals surface area contributed by atoms with Crippen LogP contribution in [0.4, 0.5) is 10.1 Å². The molecule has 3 aromatic rings. The van der Waals surface area contributed by atoms with Crippen LogP contribution in [0.25, 0.3) is 11.4 Å². The second-order valence-electron chi connectivity index (χ2n) is 7.19. The molecule has 1 amide bonds. The third-order valence-corrected chi connectivity index (χ3v) is 5.43. The normalized spacial score (nSPS) is 14.2. The Kier molecular flexibility index (Phi) is 6.28. The summed E-state index contributed by atoms with van der Waals surface area (Å²) in [5.41, 5.74) is 1.43. The number of piperazine rings is 1. The molecule has 6 nitrogen and oxygen atoms in total. The van der Waals surface area contributed by atoms with Crippen molar-refractivity contribution in [3.63, 3.8) is 0 Å². The molecule has 0 bridgehead atoms. The maximum Gasteiger partial charge on any atom is 0.226 e. The first-order valence-electron chi connectivity index (χ1n) is 9.96. The Morgan fingerprint density at radius 3 is 2.53 bits per heavy atom. The molecule has 1 aromatic heterocycles. The minimum Gasteiger partial charge on any atom is -0.366 e. The molecule has 1 saturated heterocycles. The highest BCUT2D eigenvalue weighted by Gasteiger charge is 2.22. The van der Waals surface area contributed by atoms with Crippen molar-refractivity contribution in [3.05, 3.63) is 65.3 Å². The molecule has 0 unspecified atom stereocenters. The molecule has 0 saturated carbocycles. The van der Waals surface area contributed by atoms with Crippen molar-refractivity contribution in [3.8, 4) is 11.4 Å². The molecule has 0 atom stereocenters. The van der Waals surface area contributed by atoms with Gasteiger partial charge in [-0.05, 0) is 42.8 Å². The van der Waals surface area contributed by atoms with Crippen LogP contribution in [0.5, 0.6) is 0 Å². The zero-order valence-corrected chi connectivity index (χ0v) is 17.2. The molecule has 0 N–H and O–H groups in total. The lowest BCUT2D eigenvalue weighted by molar-refractivity contribution is -0.131. The van der Waals surface area contributed by atoms with Gasteiger partial charge in [0.1, 0.15) is 5.82 Å². The molecule has 8 heteroatoms. The van der Waals surface area contributed by atoms with E-state index < -0.39 is 0 Å². The van der Waals surface area contributed by atoms with Crippen molar-refractivity contribution < 1.29 is 13.7 Å². The minimum atomic E-state index is -0.227. The Labute approximate surface area is 179 Å². The third kappa shape index (κ3) is 4.79. The number of hydrogen-bond acceptors (Lipinski definition) is 5. The third-order valence-electron chi connectivity index (χ3n) is 5.18. The van der Waals surface area contributed by atoms with Gasteiger partial charge in [0, 0.05) is 49.6 Å². The number of nitrogens with zero attached hydrogens (tertiary/aromatic N) is 4. The Hall–Kier alpha value is -2.93. The lowest BCUT2D eigenvalue weighted by Gasteiger charge is -2.36. The zero-order chi connectivity index (χ0) is 20.9. The van der Waals surface area contributed by atoms with Crippen LogP contribution in [0.15, 0.2) is 53.1 Å².